The lowest BCUT2D eigenvalue weighted by Crippen LogP contribution is -2.60. The molecule has 0 radical (unpaired) electrons. The van der Waals surface area contributed by atoms with Gasteiger partial charge in [-0.3, -0.25) is 9.78 Å². The quantitative estimate of drug-likeness (QED) is 0.795. The summed E-state index contributed by atoms with van der Waals surface area (Å²) in [6.07, 6.45) is 5.09. The van der Waals surface area contributed by atoms with Gasteiger partial charge < -0.3 is 19.3 Å². The van der Waals surface area contributed by atoms with Crippen molar-refractivity contribution in [2.45, 2.75) is 12.5 Å². The lowest BCUT2D eigenvalue weighted by atomic mass is 10.0. The smallest absolute Gasteiger partial charge is 0.264 e. The van der Waals surface area contributed by atoms with E-state index in [1.54, 1.807) is 18.6 Å². The molecule has 2 aromatic rings. The first-order chi connectivity index (χ1) is 12.7. The second-order valence-corrected chi connectivity index (χ2v) is 7.70. The monoisotopic (exact) mass is 374 g/mol. The van der Waals surface area contributed by atoms with E-state index in [9.17, 15) is 4.79 Å². The molecule has 2 saturated heterocycles. The van der Waals surface area contributed by atoms with Crippen molar-refractivity contribution in [2.75, 3.05) is 50.9 Å². The summed E-state index contributed by atoms with van der Waals surface area (Å²) >= 11 is 1.50. The van der Waals surface area contributed by atoms with Crippen LogP contribution in [-0.4, -0.2) is 72.4 Å². The van der Waals surface area contributed by atoms with Crippen LogP contribution in [0, 0.1) is 6.92 Å². The highest BCUT2D eigenvalue weighted by atomic mass is 32.1. The number of thiophene rings is 1. The molecule has 2 aromatic heterocycles. The topological polar surface area (TPSA) is 67.8 Å². The molecule has 4 rings (SSSR count). The van der Waals surface area contributed by atoms with Crippen LogP contribution in [0.3, 0.4) is 0 Å². The van der Waals surface area contributed by atoms with E-state index in [2.05, 4.69) is 14.9 Å². The summed E-state index contributed by atoms with van der Waals surface area (Å²) in [5.74, 6) is 0.874. The molecule has 0 aliphatic carbocycles. The standard InChI is InChI=1S/C18H22N4O3S/c1-14-8-15(26-10-14)17(23)22-5-7-25-18(12-22)11-21(4-6-24-13-18)16-9-19-2-3-20-16/h2-3,8-10H,4-7,11-13H2,1H3. The first-order valence-electron chi connectivity index (χ1n) is 8.72. The van der Waals surface area contributed by atoms with Gasteiger partial charge in [0.1, 0.15) is 11.4 Å². The number of aromatic nitrogens is 2. The number of nitrogens with zero attached hydrogens (tertiary/aromatic N) is 4. The van der Waals surface area contributed by atoms with E-state index in [0.717, 1.165) is 22.8 Å². The highest BCUT2D eigenvalue weighted by Crippen LogP contribution is 2.26. The van der Waals surface area contributed by atoms with Gasteiger partial charge in [-0.25, -0.2) is 4.98 Å². The molecule has 0 aromatic carbocycles. The van der Waals surface area contributed by atoms with Crippen LogP contribution >= 0.6 is 11.3 Å². The predicted octanol–water partition coefficient (Wildman–Crippen LogP) is 1.59. The zero-order chi connectivity index (χ0) is 18.0. The zero-order valence-corrected chi connectivity index (χ0v) is 15.6. The number of amides is 1. The minimum atomic E-state index is -0.547. The van der Waals surface area contributed by atoms with Crippen molar-refractivity contribution >= 4 is 23.1 Å². The van der Waals surface area contributed by atoms with E-state index >= 15 is 0 Å². The second-order valence-electron chi connectivity index (χ2n) is 6.78. The Hall–Kier alpha value is -2.03. The average Bonchev–Trinajstić information content (AvgIpc) is 3.00. The summed E-state index contributed by atoms with van der Waals surface area (Å²) < 4.78 is 12.0. The van der Waals surface area contributed by atoms with Gasteiger partial charge >= 0.3 is 0 Å². The Kier molecular flexibility index (Phi) is 4.88. The van der Waals surface area contributed by atoms with Crippen LogP contribution in [0.25, 0.3) is 0 Å². The Balaban J connectivity index is 1.53. The van der Waals surface area contributed by atoms with Gasteiger partial charge in [0, 0.05) is 25.5 Å². The number of anilines is 1. The fourth-order valence-electron chi connectivity index (χ4n) is 3.46. The Bertz CT molecular complexity index is 769. The van der Waals surface area contributed by atoms with Crippen molar-refractivity contribution in [3.8, 4) is 0 Å². The molecular formula is C18H22N4O3S. The maximum Gasteiger partial charge on any atom is 0.264 e. The summed E-state index contributed by atoms with van der Waals surface area (Å²) in [5, 5.41) is 2.01. The molecule has 138 valence electrons. The molecule has 0 bridgehead atoms. The fourth-order valence-corrected chi connectivity index (χ4v) is 4.32. The molecule has 26 heavy (non-hydrogen) atoms. The third kappa shape index (κ3) is 3.58. The van der Waals surface area contributed by atoms with Crippen LogP contribution in [0.2, 0.25) is 0 Å². The van der Waals surface area contributed by atoms with Crippen molar-refractivity contribution in [3.05, 3.63) is 40.5 Å². The Morgan fingerprint density at radius 1 is 1.27 bits per heavy atom. The number of hydrogen-bond acceptors (Lipinski definition) is 7. The van der Waals surface area contributed by atoms with Crippen LogP contribution in [0.4, 0.5) is 5.82 Å². The highest BCUT2D eigenvalue weighted by molar-refractivity contribution is 7.12. The largest absolute Gasteiger partial charge is 0.376 e. The van der Waals surface area contributed by atoms with Gasteiger partial charge in [0.25, 0.3) is 5.91 Å². The number of ether oxygens (including phenoxy) is 2. The maximum absolute atomic E-state index is 12.9. The van der Waals surface area contributed by atoms with E-state index in [-0.39, 0.29) is 5.91 Å². The maximum atomic E-state index is 12.9. The molecular weight excluding hydrogens is 352 g/mol. The predicted molar refractivity (Wildman–Crippen MR) is 98.7 cm³/mol. The number of hydrogen-bond donors (Lipinski definition) is 0. The van der Waals surface area contributed by atoms with Crippen molar-refractivity contribution < 1.29 is 14.3 Å². The van der Waals surface area contributed by atoms with Gasteiger partial charge in [0.15, 0.2) is 0 Å². The van der Waals surface area contributed by atoms with E-state index in [4.69, 9.17) is 9.47 Å². The van der Waals surface area contributed by atoms with Gasteiger partial charge in [-0.1, -0.05) is 0 Å². The summed E-state index contributed by atoms with van der Waals surface area (Å²) in [7, 11) is 0. The minimum Gasteiger partial charge on any atom is -0.376 e. The van der Waals surface area contributed by atoms with Gasteiger partial charge in [0.2, 0.25) is 0 Å². The Labute approximate surface area is 156 Å². The highest BCUT2D eigenvalue weighted by Gasteiger charge is 2.42. The lowest BCUT2D eigenvalue weighted by Gasteiger charge is -2.43. The molecule has 0 saturated carbocycles. The first kappa shape index (κ1) is 17.4. The van der Waals surface area contributed by atoms with Crippen LogP contribution in [-0.2, 0) is 9.47 Å². The second kappa shape index (κ2) is 7.30. The van der Waals surface area contributed by atoms with E-state index < -0.39 is 5.60 Å². The van der Waals surface area contributed by atoms with E-state index in [0.29, 0.717) is 39.5 Å². The molecule has 1 atom stereocenters. The Morgan fingerprint density at radius 3 is 2.96 bits per heavy atom. The number of morpholine rings is 1. The molecule has 2 aliphatic heterocycles. The van der Waals surface area contributed by atoms with Gasteiger partial charge in [0.05, 0.1) is 44.0 Å². The summed E-state index contributed by atoms with van der Waals surface area (Å²) in [4.78, 5) is 26.2. The summed E-state index contributed by atoms with van der Waals surface area (Å²) in [5.41, 5.74) is 0.571. The molecule has 2 fully saturated rings. The summed E-state index contributed by atoms with van der Waals surface area (Å²) in [6.45, 7) is 6.04. The zero-order valence-electron chi connectivity index (χ0n) is 14.8. The number of aryl methyl sites for hydroxylation is 1. The molecule has 8 heteroatoms. The van der Waals surface area contributed by atoms with Crippen molar-refractivity contribution in [2.24, 2.45) is 0 Å². The van der Waals surface area contributed by atoms with Crippen LogP contribution < -0.4 is 4.90 Å². The molecule has 1 amide bonds. The normalized spacial score (nSPS) is 23.9. The third-order valence-electron chi connectivity index (χ3n) is 4.70. The molecule has 1 unspecified atom stereocenters. The minimum absolute atomic E-state index is 0.0704. The van der Waals surface area contributed by atoms with Crippen LogP contribution in [0.5, 0.6) is 0 Å². The summed E-state index contributed by atoms with van der Waals surface area (Å²) in [6, 6.07) is 1.95. The first-order valence-corrected chi connectivity index (χ1v) is 9.60. The number of carbonyl (C=O) groups is 1. The van der Waals surface area contributed by atoms with Gasteiger partial charge in [-0.15, -0.1) is 11.3 Å². The lowest BCUT2D eigenvalue weighted by molar-refractivity contribution is -0.124. The average molecular weight is 374 g/mol. The van der Waals surface area contributed by atoms with Crippen molar-refractivity contribution in [1.29, 1.82) is 0 Å². The fraction of sp³-hybridized carbons (Fsp3) is 0.500. The molecule has 4 heterocycles. The molecule has 0 N–H and O–H groups in total. The molecule has 1 spiro atoms. The van der Waals surface area contributed by atoms with Crippen molar-refractivity contribution in [1.82, 2.24) is 14.9 Å². The third-order valence-corrected chi connectivity index (χ3v) is 5.74. The van der Waals surface area contributed by atoms with Crippen LogP contribution in [0.15, 0.2) is 30.0 Å². The molecule has 7 nitrogen and oxygen atoms in total. The van der Waals surface area contributed by atoms with E-state index in [1.165, 1.54) is 11.3 Å². The number of rotatable bonds is 2. The Morgan fingerprint density at radius 2 is 2.19 bits per heavy atom. The van der Waals surface area contributed by atoms with Crippen LogP contribution in [0.1, 0.15) is 15.2 Å². The van der Waals surface area contributed by atoms with Gasteiger partial charge in [-0.2, -0.15) is 0 Å². The SMILES string of the molecule is Cc1csc(C(=O)N2CCOC3(COCCN(c4cnccn4)C3)C2)c1. The molecule has 2 aliphatic rings. The van der Waals surface area contributed by atoms with Gasteiger partial charge in [-0.05, 0) is 23.9 Å². The van der Waals surface area contributed by atoms with E-state index in [1.807, 2.05) is 23.3 Å². The number of carbonyl (C=O) groups excluding carboxylic acids is 1. The van der Waals surface area contributed by atoms with Crippen molar-refractivity contribution in [3.63, 3.8) is 0 Å².